The zero-order chi connectivity index (χ0) is 12.1. The van der Waals surface area contributed by atoms with Crippen LogP contribution in [0.4, 0.5) is 0 Å². The average molecular weight is 234 g/mol. The van der Waals surface area contributed by atoms with Crippen molar-refractivity contribution in [2.24, 2.45) is 0 Å². The highest BCUT2D eigenvalue weighted by Gasteiger charge is 2.19. The Kier molecular flexibility index (Phi) is 4.54. The molecule has 94 valence electrons. The SMILES string of the molecule is CN(C)C(CN1CCOCC1)c1ccccc1. The highest BCUT2D eigenvalue weighted by Crippen LogP contribution is 2.19. The number of ether oxygens (including phenoxy) is 1. The summed E-state index contributed by atoms with van der Waals surface area (Å²) in [4.78, 5) is 4.78. The van der Waals surface area contributed by atoms with Gasteiger partial charge in [-0.15, -0.1) is 0 Å². The lowest BCUT2D eigenvalue weighted by Gasteiger charge is -2.33. The lowest BCUT2D eigenvalue weighted by Crippen LogP contribution is -2.41. The van der Waals surface area contributed by atoms with Crippen molar-refractivity contribution in [3.63, 3.8) is 0 Å². The topological polar surface area (TPSA) is 15.7 Å². The molecule has 3 heteroatoms. The number of morpholine rings is 1. The van der Waals surface area contributed by atoms with Gasteiger partial charge in [0.1, 0.15) is 0 Å². The van der Waals surface area contributed by atoms with Crippen LogP contribution >= 0.6 is 0 Å². The lowest BCUT2D eigenvalue weighted by atomic mass is 10.1. The van der Waals surface area contributed by atoms with E-state index in [1.54, 1.807) is 0 Å². The van der Waals surface area contributed by atoms with Gasteiger partial charge >= 0.3 is 0 Å². The molecular formula is C14H22N2O. The monoisotopic (exact) mass is 234 g/mol. The number of hydrogen-bond acceptors (Lipinski definition) is 3. The third-order valence-corrected chi connectivity index (χ3v) is 3.34. The normalized spacial score (nSPS) is 19.5. The highest BCUT2D eigenvalue weighted by atomic mass is 16.5. The van der Waals surface area contributed by atoms with E-state index in [-0.39, 0.29) is 0 Å². The fraction of sp³-hybridized carbons (Fsp3) is 0.571. The quantitative estimate of drug-likeness (QED) is 0.787. The molecular weight excluding hydrogens is 212 g/mol. The third kappa shape index (κ3) is 3.53. The lowest BCUT2D eigenvalue weighted by molar-refractivity contribution is 0.0268. The van der Waals surface area contributed by atoms with Gasteiger partial charge in [-0.2, -0.15) is 0 Å². The van der Waals surface area contributed by atoms with Gasteiger partial charge in [0.25, 0.3) is 0 Å². The van der Waals surface area contributed by atoms with Gasteiger partial charge in [-0.1, -0.05) is 30.3 Å². The molecule has 1 aliphatic heterocycles. The van der Waals surface area contributed by atoms with Crippen LogP contribution in [0.2, 0.25) is 0 Å². The van der Waals surface area contributed by atoms with Crippen molar-refractivity contribution in [1.82, 2.24) is 9.80 Å². The second-order valence-corrected chi connectivity index (χ2v) is 4.80. The Morgan fingerprint density at radius 3 is 2.41 bits per heavy atom. The van der Waals surface area contributed by atoms with E-state index in [2.05, 4.69) is 54.2 Å². The summed E-state index contributed by atoms with van der Waals surface area (Å²) in [6.45, 7) is 4.93. The van der Waals surface area contributed by atoms with Crippen molar-refractivity contribution >= 4 is 0 Å². The number of benzene rings is 1. The second kappa shape index (κ2) is 6.15. The van der Waals surface area contributed by atoms with Crippen LogP contribution in [0.3, 0.4) is 0 Å². The molecule has 0 aliphatic carbocycles. The summed E-state index contributed by atoms with van der Waals surface area (Å²) in [5.41, 5.74) is 1.39. The Balaban J connectivity index is 2.02. The minimum Gasteiger partial charge on any atom is -0.379 e. The zero-order valence-electron chi connectivity index (χ0n) is 10.8. The van der Waals surface area contributed by atoms with Gasteiger partial charge in [-0.05, 0) is 19.7 Å². The van der Waals surface area contributed by atoms with E-state index in [0.717, 1.165) is 32.8 Å². The first-order chi connectivity index (χ1) is 8.27. The molecule has 1 atom stereocenters. The van der Waals surface area contributed by atoms with Crippen molar-refractivity contribution in [3.05, 3.63) is 35.9 Å². The van der Waals surface area contributed by atoms with Crippen LogP contribution in [0.5, 0.6) is 0 Å². The Morgan fingerprint density at radius 1 is 1.18 bits per heavy atom. The molecule has 17 heavy (non-hydrogen) atoms. The van der Waals surface area contributed by atoms with E-state index < -0.39 is 0 Å². The van der Waals surface area contributed by atoms with E-state index in [4.69, 9.17) is 4.74 Å². The Hall–Kier alpha value is -0.900. The molecule has 0 N–H and O–H groups in total. The molecule has 0 spiro atoms. The first-order valence-corrected chi connectivity index (χ1v) is 6.29. The molecule has 3 nitrogen and oxygen atoms in total. The Labute approximate surface area is 104 Å². The molecule has 1 saturated heterocycles. The van der Waals surface area contributed by atoms with Crippen molar-refractivity contribution < 1.29 is 4.74 Å². The predicted octanol–water partition coefficient (Wildman–Crippen LogP) is 1.62. The van der Waals surface area contributed by atoms with E-state index >= 15 is 0 Å². The van der Waals surface area contributed by atoms with Crippen LogP contribution in [-0.2, 0) is 4.74 Å². The molecule has 0 aromatic heterocycles. The van der Waals surface area contributed by atoms with E-state index in [1.807, 2.05) is 0 Å². The van der Waals surface area contributed by atoms with Crippen LogP contribution in [0.1, 0.15) is 11.6 Å². The fourth-order valence-electron chi connectivity index (χ4n) is 2.27. The maximum atomic E-state index is 5.39. The summed E-state index contributed by atoms with van der Waals surface area (Å²) in [5, 5.41) is 0. The van der Waals surface area contributed by atoms with Crippen LogP contribution in [0.15, 0.2) is 30.3 Å². The molecule has 1 aliphatic rings. The van der Waals surface area contributed by atoms with E-state index in [9.17, 15) is 0 Å². The maximum absolute atomic E-state index is 5.39. The minimum absolute atomic E-state index is 0.467. The summed E-state index contributed by atoms with van der Waals surface area (Å²) in [6.07, 6.45) is 0. The van der Waals surface area contributed by atoms with E-state index in [0.29, 0.717) is 6.04 Å². The van der Waals surface area contributed by atoms with Crippen molar-refractivity contribution in [1.29, 1.82) is 0 Å². The van der Waals surface area contributed by atoms with Crippen molar-refractivity contribution in [3.8, 4) is 0 Å². The maximum Gasteiger partial charge on any atom is 0.0594 e. The molecule has 1 aromatic rings. The first kappa shape index (κ1) is 12.6. The highest BCUT2D eigenvalue weighted by molar-refractivity contribution is 5.19. The largest absolute Gasteiger partial charge is 0.379 e. The molecule has 0 bridgehead atoms. The number of rotatable bonds is 4. The summed E-state index contributed by atoms with van der Waals surface area (Å²) >= 11 is 0. The average Bonchev–Trinajstić information content (AvgIpc) is 2.38. The van der Waals surface area contributed by atoms with Gasteiger partial charge < -0.3 is 9.64 Å². The predicted molar refractivity (Wildman–Crippen MR) is 70.1 cm³/mol. The smallest absolute Gasteiger partial charge is 0.0594 e. The van der Waals surface area contributed by atoms with E-state index in [1.165, 1.54) is 5.56 Å². The van der Waals surface area contributed by atoms with Gasteiger partial charge in [-0.3, -0.25) is 4.90 Å². The standard InChI is InChI=1S/C14H22N2O/c1-15(2)14(13-6-4-3-5-7-13)12-16-8-10-17-11-9-16/h3-7,14H,8-12H2,1-2H3. The fourth-order valence-corrected chi connectivity index (χ4v) is 2.27. The summed E-state index contributed by atoms with van der Waals surface area (Å²) < 4.78 is 5.39. The molecule has 1 aromatic carbocycles. The van der Waals surface area contributed by atoms with Gasteiger partial charge in [0, 0.05) is 25.7 Å². The Morgan fingerprint density at radius 2 is 1.82 bits per heavy atom. The molecule has 0 amide bonds. The molecule has 1 fully saturated rings. The summed E-state index contributed by atoms with van der Waals surface area (Å²) in [6, 6.07) is 11.2. The van der Waals surface area contributed by atoms with Gasteiger partial charge in [0.2, 0.25) is 0 Å². The Bertz CT molecular complexity index is 320. The molecule has 1 heterocycles. The van der Waals surface area contributed by atoms with Crippen molar-refractivity contribution in [2.45, 2.75) is 6.04 Å². The van der Waals surface area contributed by atoms with Crippen LogP contribution < -0.4 is 0 Å². The second-order valence-electron chi connectivity index (χ2n) is 4.80. The van der Waals surface area contributed by atoms with Gasteiger partial charge in [-0.25, -0.2) is 0 Å². The number of hydrogen-bond donors (Lipinski definition) is 0. The molecule has 1 unspecified atom stereocenters. The number of nitrogens with zero attached hydrogens (tertiary/aromatic N) is 2. The minimum atomic E-state index is 0.467. The van der Waals surface area contributed by atoms with Crippen LogP contribution in [-0.4, -0.2) is 56.7 Å². The molecule has 2 rings (SSSR count). The molecule has 0 saturated carbocycles. The van der Waals surface area contributed by atoms with Crippen LogP contribution in [0, 0.1) is 0 Å². The summed E-state index contributed by atoms with van der Waals surface area (Å²) in [7, 11) is 4.30. The van der Waals surface area contributed by atoms with Gasteiger partial charge in [0.05, 0.1) is 13.2 Å². The number of likely N-dealkylation sites (N-methyl/N-ethyl adjacent to an activating group) is 1. The third-order valence-electron chi connectivity index (χ3n) is 3.34. The first-order valence-electron chi connectivity index (χ1n) is 6.29. The van der Waals surface area contributed by atoms with Crippen LogP contribution in [0.25, 0.3) is 0 Å². The molecule has 0 radical (unpaired) electrons. The van der Waals surface area contributed by atoms with Gasteiger partial charge in [0.15, 0.2) is 0 Å². The zero-order valence-corrected chi connectivity index (χ0v) is 10.8. The van der Waals surface area contributed by atoms with Crippen molar-refractivity contribution in [2.75, 3.05) is 46.9 Å². The summed E-state index contributed by atoms with van der Waals surface area (Å²) in [5.74, 6) is 0.